The minimum atomic E-state index is -0.269. The van der Waals surface area contributed by atoms with Crippen LogP contribution in [0.2, 0.25) is 5.02 Å². The fourth-order valence-corrected chi connectivity index (χ4v) is 1.86. The summed E-state index contributed by atoms with van der Waals surface area (Å²) in [6.07, 6.45) is 3.83. The average Bonchev–Trinajstić information content (AvgIpc) is 2.42. The van der Waals surface area contributed by atoms with Gasteiger partial charge in [-0.2, -0.15) is 0 Å². The van der Waals surface area contributed by atoms with Crippen LogP contribution >= 0.6 is 11.6 Å². The molecule has 1 amide bonds. The van der Waals surface area contributed by atoms with Crippen LogP contribution in [0.3, 0.4) is 0 Å². The molecule has 0 aromatic heterocycles. The summed E-state index contributed by atoms with van der Waals surface area (Å²) in [4.78, 5) is 26.5. The molecule has 1 aliphatic rings. The highest BCUT2D eigenvalue weighted by atomic mass is 35.5. The van der Waals surface area contributed by atoms with Gasteiger partial charge in [0.2, 0.25) is 5.91 Å². The van der Waals surface area contributed by atoms with Gasteiger partial charge in [-0.05, 0) is 11.6 Å². The zero-order valence-electron chi connectivity index (χ0n) is 10.0. The standard InChI is InChI=1S/C14H11ClN2O2/c15-12-6-2-1-4-10(12)8-13(19)17-14-11(9-18)5-3-7-16-14/h1-4,6-7H,5,8H2,(H,16,17,19). The highest BCUT2D eigenvalue weighted by molar-refractivity contribution is 6.31. The highest BCUT2D eigenvalue weighted by Crippen LogP contribution is 2.15. The van der Waals surface area contributed by atoms with E-state index in [9.17, 15) is 9.59 Å². The van der Waals surface area contributed by atoms with Gasteiger partial charge in [-0.3, -0.25) is 4.79 Å². The van der Waals surface area contributed by atoms with Gasteiger partial charge in [0.05, 0.1) is 12.0 Å². The zero-order valence-corrected chi connectivity index (χ0v) is 10.8. The van der Waals surface area contributed by atoms with Crippen LogP contribution < -0.4 is 5.32 Å². The molecule has 0 spiro atoms. The van der Waals surface area contributed by atoms with E-state index in [1.54, 1.807) is 36.4 Å². The monoisotopic (exact) mass is 274 g/mol. The molecular weight excluding hydrogens is 264 g/mol. The van der Waals surface area contributed by atoms with Gasteiger partial charge in [-0.1, -0.05) is 35.9 Å². The molecule has 0 aliphatic carbocycles. The molecule has 0 atom stereocenters. The SMILES string of the molecule is O=C=C1CC=CN=C1NC(=O)Cc1ccccc1Cl. The Labute approximate surface area is 115 Å². The molecule has 0 radical (unpaired) electrons. The number of benzene rings is 1. The Morgan fingerprint density at radius 2 is 2.21 bits per heavy atom. The largest absolute Gasteiger partial charge is 0.310 e. The fourth-order valence-electron chi connectivity index (χ4n) is 1.66. The third-order valence-corrected chi connectivity index (χ3v) is 2.98. The molecule has 0 saturated carbocycles. The lowest BCUT2D eigenvalue weighted by atomic mass is 10.1. The predicted molar refractivity (Wildman–Crippen MR) is 73.7 cm³/mol. The number of nitrogens with one attached hydrogen (secondary N) is 1. The lowest BCUT2D eigenvalue weighted by Crippen LogP contribution is -2.33. The number of nitrogens with zero attached hydrogens (tertiary/aromatic N) is 1. The molecule has 2 rings (SSSR count). The number of carbonyl (C=O) groups excluding carboxylic acids is 2. The van der Waals surface area contributed by atoms with Crippen molar-refractivity contribution in [3.05, 3.63) is 52.7 Å². The van der Waals surface area contributed by atoms with Crippen LogP contribution in [-0.4, -0.2) is 17.7 Å². The first-order chi connectivity index (χ1) is 9.20. The number of amidine groups is 1. The first-order valence-corrected chi connectivity index (χ1v) is 6.09. The quantitative estimate of drug-likeness (QED) is 0.840. The summed E-state index contributed by atoms with van der Waals surface area (Å²) in [5.41, 5.74) is 1.07. The summed E-state index contributed by atoms with van der Waals surface area (Å²) < 4.78 is 0. The predicted octanol–water partition coefficient (Wildman–Crippen LogP) is 2.07. The number of halogens is 1. The van der Waals surface area contributed by atoms with Crippen molar-refractivity contribution in [2.75, 3.05) is 0 Å². The lowest BCUT2D eigenvalue weighted by Gasteiger charge is -2.11. The van der Waals surface area contributed by atoms with Gasteiger partial charge in [0.25, 0.3) is 0 Å². The number of rotatable bonds is 2. The van der Waals surface area contributed by atoms with E-state index in [-0.39, 0.29) is 18.2 Å². The molecule has 4 nitrogen and oxygen atoms in total. The summed E-state index contributed by atoms with van der Waals surface area (Å²) >= 11 is 5.98. The van der Waals surface area contributed by atoms with Crippen molar-refractivity contribution >= 4 is 29.3 Å². The van der Waals surface area contributed by atoms with Crippen molar-refractivity contribution in [2.45, 2.75) is 12.8 Å². The Balaban J connectivity index is 2.06. The maximum Gasteiger partial charge on any atom is 0.230 e. The van der Waals surface area contributed by atoms with Gasteiger partial charge in [0.15, 0.2) is 0 Å². The second kappa shape index (κ2) is 6.14. The van der Waals surface area contributed by atoms with E-state index >= 15 is 0 Å². The molecule has 1 heterocycles. The van der Waals surface area contributed by atoms with Crippen molar-refractivity contribution in [1.29, 1.82) is 0 Å². The molecule has 96 valence electrons. The Morgan fingerprint density at radius 3 is 2.95 bits per heavy atom. The number of hydrogen-bond donors (Lipinski definition) is 1. The smallest absolute Gasteiger partial charge is 0.230 e. The second-order valence-corrected chi connectivity index (χ2v) is 4.37. The Kier molecular flexibility index (Phi) is 4.29. The van der Waals surface area contributed by atoms with Gasteiger partial charge in [0.1, 0.15) is 11.8 Å². The van der Waals surface area contributed by atoms with Crippen molar-refractivity contribution in [1.82, 2.24) is 5.32 Å². The molecule has 1 N–H and O–H groups in total. The van der Waals surface area contributed by atoms with E-state index in [1.165, 1.54) is 0 Å². The normalized spacial score (nSPS) is 13.7. The van der Waals surface area contributed by atoms with Crippen molar-refractivity contribution in [3.63, 3.8) is 0 Å². The van der Waals surface area contributed by atoms with E-state index in [4.69, 9.17) is 11.6 Å². The second-order valence-electron chi connectivity index (χ2n) is 3.96. The average molecular weight is 275 g/mol. The van der Waals surface area contributed by atoms with E-state index in [1.807, 2.05) is 6.07 Å². The summed E-state index contributed by atoms with van der Waals surface area (Å²) in [5.74, 6) is 1.77. The molecule has 1 aromatic carbocycles. The number of carbonyl (C=O) groups is 1. The minimum Gasteiger partial charge on any atom is -0.310 e. The topological polar surface area (TPSA) is 58.5 Å². The number of amides is 1. The first-order valence-electron chi connectivity index (χ1n) is 5.71. The number of hydrogen-bond acceptors (Lipinski definition) is 3. The Hall–Kier alpha value is -2.16. The van der Waals surface area contributed by atoms with E-state index in [0.717, 1.165) is 5.56 Å². The van der Waals surface area contributed by atoms with E-state index in [0.29, 0.717) is 17.0 Å². The van der Waals surface area contributed by atoms with Crippen LogP contribution in [0.1, 0.15) is 12.0 Å². The summed E-state index contributed by atoms with van der Waals surface area (Å²) in [6, 6.07) is 7.11. The molecule has 1 aliphatic heterocycles. The summed E-state index contributed by atoms with van der Waals surface area (Å²) in [5, 5.41) is 3.13. The maximum atomic E-state index is 11.9. The Bertz CT molecular complexity index is 614. The van der Waals surface area contributed by atoms with Crippen LogP contribution in [-0.2, 0) is 16.0 Å². The lowest BCUT2D eigenvalue weighted by molar-refractivity contribution is -0.119. The van der Waals surface area contributed by atoms with Crippen LogP contribution in [0.5, 0.6) is 0 Å². The molecule has 0 saturated heterocycles. The highest BCUT2D eigenvalue weighted by Gasteiger charge is 2.14. The van der Waals surface area contributed by atoms with Crippen LogP contribution in [0.4, 0.5) is 0 Å². The third-order valence-electron chi connectivity index (χ3n) is 2.61. The van der Waals surface area contributed by atoms with Crippen molar-refractivity contribution in [3.8, 4) is 0 Å². The number of allylic oxidation sites excluding steroid dienone is 1. The third kappa shape index (κ3) is 3.41. The Morgan fingerprint density at radius 1 is 1.42 bits per heavy atom. The molecule has 0 fully saturated rings. The zero-order chi connectivity index (χ0) is 13.7. The van der Waals surface area contributed by atoms with Gasteiger partial charge in [-0.15, -0.1) is 0 Å². The van der Waals surface area contributed by atoms with E-state index < -0.39 is 0 Å². The molecule has 19 heavy (non-hydrogen) atoms. The van der Waals surface area contributed by atoms with E-state index in [2.05, 4.69) is 10.3 Å². The van der Waals surface area contributed by atoms with Crippen LogP contribution in [0, 0.1) is 0 Å². The maximum absolute atomic E-state index is 11.9. The van der Waals surface area contributed by atoms with Gasteiger partial charge < -0.3 is 5.32 Å². The van der Waals surface area contributed by atoms with Crippen LogP contribution in [0.15, 0.2) is 47.1 Å². The number of aliphatic imine (C=N–C) groups is 1. The summed E-state index contributed by atoms with van der Waals surface area (Å²) in [6.45, 7) is 0. The minimum absolute atomic E-state index is 0.133. The van der Waals surface area contributed by atoms with Gasteiger partial charge in [0, 0.05) is 17.6 Å². The molecule has 0 unspecified atom stereocenters. The molecule has 5 heteroatoms. The molecule has 0 bridgehead atoms. The van der Waals surface area contributed by atoms with Crippen molar-refractivity contribution in [2.24, 2.45) is 4.99 Å². The first kappa shape index (κ1) is 13.3. The van der Waals surface area contributed by atoms with Crippen molar-refractivity contribution < 1.29 is 9.59 Å². The fraction of sp³-hybridized carbons (Fsp3) is 0.143. The van der Waals surface area contributed by atoms with Gasteiger partial charge in [-0.25, -0.2) is 9.79 Å². The summed E-state index contributed by atoms with van der Waals surface area (Å²) in [7, 11) is 0. The van der Waals surface area contributed by atoms with Crippen LogP contribution in [0.25, 0.3) is 0 Å². The van der Waals surface area contributed by atoms with Gasteiger partial charge >= 0.3 is 0 Å². The molecular formula is C14H11ClN2O2. The molecule has 1 aromatic rings.